The molecule has 29 heavy (non-hydrogen) atoms. The largest absolute Gasteiger partial charge is 0.422 e. The maximum atomic E-state index is 12.4. The van der Waals surface area contributed by atoms with Crippen molar-refractivity contribution in [1.82, 2.24) is 0 Å². The Bertz CT molecular complexity index is 1100. The smallest absolute Gasteiger partial charge is 0.338 e. The predicted molar refractivity (Wildman–Crippen MR) is 116 cm³/mol. The maximum absolute atomic E-state index is 12.4. The molecule has 2 aliphatic carbocycles. The van der Waals surface area contributed by atoms with Crippen molar-refractivity contribution < 1.29 is 19.1 Å². The van der Waals surface area contributed by atoms with Crippen LogP contribution in [0.2, 0.25) is 0 Å². The van der Waals surface area contributed by atoms with Crippen LogP contribution in [0.4, 0.5) is 0 Å². The monoisotopic (exact) mass is 454 g/mol. The molecule has 3 unspecified atom stereocenters. The SMILES string of the molecule is C=C(C)C(=O)Oc1c2c(c(OC(=O)C(=C)C)c3ccc(Br)cc13)C1CC2CC1C. The molecule has 5 heteroatoms. The van der Waals surface area contributed by atoms with Gasteiger partial charge in [-0.2, -0.15) is 0 Å². The molecule has 150 valence electrons. The van der Waals surface area contributed by atoms with Crippen LogP contribution in [0, 0.1) is 5.92 Å². The molecular formula is C24H23BrO4. The fourth-order valence-corrected chi connectivity index (χ4v) is 5.04. The quantitative estimate of drug-likeness (QED) is 0.314. The topological polar surface area (TPSA) is 52.6 Å². The number of rotatable bonds is 4. The van der Waals surface area contributed by atoms with Gasteiger partial charge in [0.2, 0.25) is 0 Å². The Morgan fingerprint density at radius 3 is 2.14 bits per heavy atom. The van der Waals surface area contributed by atoms with E-state index < -0.39 is 11.9 Å². The minimum absolute atomic E-state index is 0.276. The van der Waals surface area contributed by atoms with E-state index in [2.05, 4.69) is 36.0 Å². The summed E-state index contributed by atoms with van der Waals surface area (Å²) in [5.41, 5.74) is 2.69. The van der Waals surface area contributed by atoms with E-state index in [9.17, 15) is 9.59 Å². The van der Waals surface area contributed by atoms with E-state index in [0.29, 0.717) is 28.6 Å². The second-order valence-electron chi connectivity index (χ2n) is 8.27. The molecule has 4 nitrogen and oxygen atoms in total. The summed E-state index contributed by atoms with van der Waals surface area (Å²) in [5, 5.41) is 1.50. The van der Waals surface area contributed by atoms with Crippen LogP contribution in [-0.2, 0) is 9.59 Å². The highest BCUT2D eigenvalue weighted by Crippen LogP contribution is 2.63. The van der Waals surface area contributed by atoms with Gasteiger partial charge < -0.3 is 9.47 Å². The van der Waals surface area contributed by atoms with Crippen molar-refractivity contribution in [2.24, 2.45) is 5.92 Å². The Morgan fingerprint density at radius 2 is 1.55 bits per heavy atom. The first-order chi connectivity index (χ1) is 13.7. The van der Waals surface area contributed by atoms with Gasteiger partial charge in [-0.3, -0.25) is 0 Å². The molecule has 2 bridgehead atoms. The van der Waals surface area contributed by atoms with E-state index in [4.69, 9.17) is 9.47 Å². The summed E-state index contributed by atoms with van der Waals surface area (Å²) in [5.74, 6) is 1.28. The molecule has 2 aromatic rings. The Hall–Kier alpha value is -2.40. The number of benzene rings is 2. The summed E-state index contributed by atoms with van der Waals surface area (Å²) in [6, 6.07) is 5.70. The number of ether oxygens (including phenoxy) is 2. The van der Waals surface area contributed by atoms with Gasteiger partial charge in [-0.05, 0) is 62.6 Å². The summed E-state index contributed by atoms with van der Waals surface area (Å²) in [4.78, 5) is 24.9. The summed E-state index contributed by atoms with van der Waals surface area (Å²) in [6.07, 6.45) is 2.01. The number of esters is 2. The zero-order valence-electron chi connectivity index (χ0n) is 16.8. The molecule has 4 rings (SSSR count). The molecule has 0 radical (unpaired) electrons. The van der Waals surface area contributed by atoms with E-state index in [-0.39, 0.29) is 11.8 Å². The van der Waals surface area contributed by atoms with Crippen molar-refractivity contribution >= 4 is 38.6 Å². The standard InChI is InChI=1S/C24H23BrO4/c1-11(2)23(26)28-21-16-7-6-15(25)10-18(16)22(29-24(27)12(3)4)19-14-8-13(5)17(9-14)20(19)21/h6-7,10,13-14,17H,1,3,8-9H2,2,4-5H3. The summed E-state index contributed by atoms with van der Waals surface area (Å²) >= 11 is 3.51. The molecule has 0 heterocycles. The lowest BCUT2D eigenvalue weighted by atomic mass is 9.82. The average Bonchev–Trinajstić information content (AvgIpc) is 3.21. The van der Waals surface area contributed by atoms with Gasteiger partial charge >= 0.3 is 11.9 Å². The van der Waals surface area contributed by atoms with Gasteiger partial charge in [0, 0.05) is 37.5 Å². The summed E-state index contributed by atoms with van der Waals surface area (Å²) in [6.45, 7) is 12.9. The summed E-state index contributed by atoms with van der Waals surface area (Å²) in [7, 11) is 0. The lowest BCUT2D eigenvalue weighted by molar-refractivity contribution is -0.131. The van der Waals surface area contributed by atoms with E-state index in [1.165, 1.54) is 0 Å². The molecule has 0 saturated heterocycles. The van der Waals surface area contributed by atoms with Crippen molar-refractivity contribution in [2.45, 2.75) is 45.4 Å². The zero-order chi connectivity index (χ0) is 21.0. The van der Waals surface area contributed by atoms with Crippen LogP contribution in [0.5, 0.6) is 11.5 Å². The third-order valence-electron chi connectivity index (χ3n) is 6.00. The van der Waals surface area contributed by atoms with E-state index in [1.807, 2.05) is 18.2 Å². The molecule has 2 aromatic carbocycles. The molecule has 3 atom stereocenters. The van der Waals surface area contributed by atoms with Crippen LogP contribution in [0.3, 0.4) is 0 Å². The van der Waals surface area contributed by atoms with E-state index >= 15 is 0 Å². The molecule has 2 aliphatic rings. The molecular weight excluding hydrogens is 432 g/mol. The fraction of sp³-hybridized carbons (Fsp3) is 0.333. The van der Waals surface area contributed by atoms with E-state index in [1.54, 1.807) is 13.8 Å². The average molecular weight is 455 g/mol. The Kier molecular flexibility index (Phi) is 4.89. The van der Waals surface area contributed by atoms with Crippen LogP contribution < -0.4 is 9.47 Å². The van der Waals surface area contributed by atoms with Crippen molar-refractivity contribution in [3.63, 3.8) is 0 Å². The van der Waals surface area contributed by atoms with Gasteiger partial charge in [-0.25, -0.2) is 9.59 Å². The molecule has 0 amide bonds. The van der Waals surface area contributed by atoms with Gasteiger partial charge in [0.15, 0.2) is 0 Å². The van der Waals surface area contributed by atoms with Gasteiger partial charge in [0.05, 0.1) is 0 Å². The first kappa shape index (κ1) is 19.9. The van der Waals surface area contributed by atoms with Crippen LogP contribution in [0.25, 0.3) is 10.8 Å². The van der Waals surface area contributed by atoms with Gasteiger partial charge in [-0.1, -0.05) is 36.0 Å². The van der Waals surface area contributed by atoms with Crippen molar-refractivity contribution in [3.8, 4) is 11.5 Å². The summed E-state index contributed by atoms with van der Waals surface area (Å²) < 4.78 is 12.6. The van der Waals surface area contributed by atoms with Crippen LogP contribution in [-0.4, -0.2) is 11.9 Å². The highest BCUT2D eigenvalue weighted by molar-refractivity contribution is 9.10. The number of fused-ring (bicyclic) bond motifs is 6. The van der Waals surface area contributed by atoms with Gasteiger partial charge in [-0.15, -0.1) is 0 Å². The molecule has 1 saturated carbocycles. The number of carbonyl (C=O) groups is 2. The second kappa shape index (κ2) is 7.13. The molecule has 1 fully saturated rings. The fourth-order valence-electron chi connectivity index (χ4n) is 4.68. The van der Waals surface area contributed by atoms with Crippen LogP contribution in [0.15, 0.2) is 47.0 Å². The van der Waals surface area contributed by atoms with Crippen molar-refractivity contribution in [1.29, 1.82) is 0 Å². The Balaban J connectivity index is 2.03. The molecule has 0 N–H and O–H groups in total. The maximum Gasteiger partial charge on any atom is 0.338 e. The lowest BCUT2D eigenvalue weighted by Crippen LogP contribution is -2.17. The highest BCUT2D eigenvalue weighted by atomic mass is 79.9. The highest BCUT2D eigenvalue weighted by Gasteiger charge is 2.47. The Labute approximate surface area is 178 Å². The number of halogens is 1. The van der Waals surface area contributed by atoms with Crippen LogP contribution >= 0.6 is 15.9 Å². The Morgan fingerprint density at radius 1 is 0.966 bits per heavy atom. The first-order valence-electron chi connectivity index (χ1n) is 9.73. The van der Waals surface area contributed by atoms with Crippen molar-refractivity contribution in [2.75, 3.05) is 0 Å². The van der Waals surface area contributed by atoms with E-state index in [0.717, 1.165) is 39.2 Å². The molecule has 0 aromatic heterocycles. The first-order valence-corrected chi connectivity index (χ1v) is 10.5. The second-order valence-corrected chi connectivity index (χ2v) is 9.18. The third kappa shape index (κ3) is 3.21. The van der Waals surface area contributed by atoms with Gasteiger partial charge in [0.25, 0.3) is 0 Å². The number of hydrogen-bond donors (Lipinski definition) is 0. The molecule has 0 aliphatic heterocycles. The number of hydrogen-bond acceptors (Lipinski definition) is 4. The minimum Gasteiger partial charge on any atom is -0.422 e. The van der Waals surface area contributed by atoms with Crippen molar-refractivity contribution in [3.05, 3.63) is 58.1 Å². The van der Waals surface area contributed by atoms with Crippen LogP contribution in [0.1, 0.15) is 56.6 Å². The minimum atomic E-state index is -0.448. The van der Waals surface area contributed by atoms with Gasteiger partial charge in [0.1, 0.15) is 11.5 Å². The zero-order valence-corrected chi connectivity index (χ0v) is 18.4. The normalized spacial score (nSPS) is 21.7. The third-order valence-corrected chi connectivity index (χ3v) is 6.49. The lowest BCUT2D eigenvalue weighted by Gasteiger charge is -2.27. The molecule has 0 spiro atoms. The number of carbonyl (C=O) groups excluding carboxylic acids is 2. The predicted octanol–water partition coefficient (Wildman–Crippen LogP) is 6.18.